The van der Waals surface area contributed by atoms with E-state index in [1.54, 1.807) is 46.8 Å². The Morgan fingerprint density at radius 2 is 1.80 bits per heavy atom. The molecular formula is C21H22FN3O3S2. The molecule has 4 rings (SSSR count). The van der Waals surface area contributed by atoms with Gasteiger partial charge in [0.2, 0.25) is 15.9 Å². The summed E-state index contributed by atoms with van der Waals surface area (Å²) in [6.07, 6.45) is 1.76. The van der Waals surface area contributed by atoms with Crippen molar-refractivity contribution in [2.45, 2.75) is 35.6 Å². The first-order chi connectivity index (χ1) is 14.4. The third-order valence-electron chi connectivity index (χ3n) is 5.20. The summed E-state index contributed by atoms with van der Waals surface area (Å²) < 4.78 is 46.6. The van der Waals surface area contributed by atoms with E-state index in [9.17, 15) is 12.8 Å². The van der Waals surface area contributed by atoms with Gasteiger partial charge in [0.25, 0.3) is 5.22 Å². The fourth-order valence-electron chi connectivity index (χ4n) is 3.28. The van der Waals surface area contributed by atoms with Gasteiger partial charge in [0.05, 0.1) is 4.90 Å². The molecule has 0 spiro atoms. The molecule has 3 aromatic rings. The average Bonchev–Trinajstić information content (AvgIpc) is 3.23. The Bertz CT molecular complexity index is 1110. The second-order valence-electron chi connectivity index (χ2n) is 7.36. The van der Waals surface area contributed by atoms with Crippen molar-refractivity contribution in [2.24, 2.45) is 5.92 Å². The fourth-order valence-corrected chi connectivity index (χ4v) is 5.50. The molecule has 0 unspecified atom stereocenters. The molecule has 2 aromatic carbocycles. The van der Waals surface area contributed by atoms with Crippen LogP contribution in [0.2, 0.25) is 0 Å². The monoisotopic (exact) mass is 447 g/mol. The molecule has 0 aliphatic carbocycles. The molecule has 1 aliphatic rings. The summed E-state index contributed by atoms with van der Waals surface area (Å²) in [4.78, 5) is 0.259. The highest BCUT2D eigenvalue weighted by molar-refractivity contribution is 7.98. The van der Waals surface area contributed by atoms with E-state index < -0.39 is 10.0 Å². The van der Waals surface area contributed by atoms with Crippen LogP contribution in [0.5, 0.6) is 0 Å². The number of piperidine rings is 1. The molecule has 1 fully saturated rings. The third-order valence-corrected chi connectivity index (χ3v) is 7.98. The topological polar surface area (TPSA) is 76.3 Å². The van der Waals surface area contributed by atoms with E-state index >= 15 is 0 Å². The van der Waals surface area contributed by atoms with Crippen LogP contribution in [0.25, 0.3) is 11.5 Å². The first-order valence-electron chi connectivity index (χ1n) is 9.74. The molecule has 0 radical (unpaired) electrons. The molecule has 0 atom stereocenters. The van der Waals surface area contributed by atoms with Crippen molar-refractivity contribution in [2.75, 3.05) is 13.1 Å². The normalized spacial score (nSPS) is 16.1. The Hall–Kier alpha value is -2.23. The lowest BCUT2D eigenvalue weighted by Gasteiger charge is -2.29. The zero-order valence-electron chi connectivity index (χ0n) is 16.5. The minimum Gasteiger partial charge on any atom is -0.411 e. The van der Waals surface area contributed by atoms with E-state index in [0.29, 0.717) is 47.0 Å². The van der Waals surface area contributed by atoms with Crippen LogP contribution in [-0.2, 0) is 15.8 Å². The van der Waals surface area contributed by atoms with Gasteiger partial charge in [-0.05, 0) is 54.7 Å². The number of thioether (sulfide) groups is 1. The SMILES string of the molecule is CC1CCN(S(=O)(=O)c2ccc(-c3nnc(SCc4ccccc4F)o3)cc2)CC1. The molecular weight excluding hydrogens is 425 g/mol. The fraction of sp³-hybridized carbons (Fsp3) is 0.333. The highest BCUT2D eigenvalue weighted by Crippen LogP contribution is 2.28. The van der Waals surface area contributed by atoms with Crippen LogP contribution in [-0.4, -0.2) is 36.0 Å². The van der Waals surface area contributed by atoms with Gasteiger partial charge >= 0.3 is 0 Å². The lowest BCUT2D eigenvalue weighted by atomic mass is 10.0. The van der Waals surface area contributed by atoms with Crippen LogP contribution in [0.4, 0.5) is 4.39 Å². The molecule has 158 valence electrons. The summed E-state index contributed by atoms with van der Waals surface area (Å²) in [6.45, 7) is 3.25. The van der Waals surface area contributed by atoms with E-state index in [1.165, 1.54) is 17.8 Å². The number of hydrogen-bond acceptors (Lipinski definition) is 6. The highest BCUT2D eigenvalue weighted by Gasteiger charge is 2.28. The van der Waals surface area contributed by atoms with Crippen molar-refractivity contribution in [3.8, 4) is 11.5 Å². The van der Waals surface area contributed by atoms with Gasteiger partial charge in [0.15, 0.2) is 0 Å². The lowest BCUT2D eigenvalue weighted by molar-refractivity contribution is 0.288. The van der Waals surface area contributed by atoms with Crippen molar-refractivity contribution in [3.63, 3.8) is 0 Å². The summed E-state index contributed by atoms with van der Waals surface area (Å²) >= 11 is 1.25. The number of rotatable bonds is 6. The van der Waals surface area contributed by atoms with Crippen molar-refractivity contribution in [1.29, 1.82) is 0 Å². The summed E-state index contributed by atoms with van der Waals surface area (Å²) in [5.41, 5.74) is 1.19. The van der Waals surface area contributed by atoms with Crippen molar-refractivity contribution >= 4 is 21.8 Å². The number of nitrogens with zero attached hydrogens (tertiary/aromatic N) is 3. The van der Waals surface area contributed by atoms with Crippen LogP contribution in [0.15, 0.2) is 63.1 Å². The number of aromatic nitrogens is 2. The maximum atomic E-state index is 13.7. The lowest BCUT2D eigenvalue weighted by Crippen LogP contribution is -2.37. The number of halogens is 1. The molecule has 1 aliphatic heterocycles. The Morgan fingerprint density at radius 1 is 1.10 bits per heavy atom. The van der Waals surface area contributed by atoms with Crippen molar-refractivity contribution < 1.29 is 17.2 Å². The zero-order valence-corrected chi connectivity index (χ0v) is 18.1. The molecule has 0 saturated carbocycles. The third kappa shape index (κ3) is 4.58. The summed E-state index contributed by atoms with van der Waals surface area (Å²) in [7, 11) is -3.50. The van der Waals surface area contributed by atoms with Crippen LogP contribution in [0.1, 0.15) is 25.3 Å². The first-order valence-corrected chi connectivity index (χ1v) is 12.2. The highest BCUT2D eigenvalue weighted by atomic mass is 32.2. The van der Waals surface area contributed by atoms with Crippen LogP contribution >= 0.6 is 11.8 Å². The quantitative estimate of drug-likeness (QED) is 0.515. The number of hydrogen-bond donors (Lipinski definition) is 0. The predicted molar refractivity (Wildman–Crippen MR) is 113 cm³/mol. The van der Waals surface area contributed by atoms with Crippen LogP contribution in [0.3, 0.4) is 0 Å². The van der Waals surface area contributed by atoms with E-state index in [-0.39, 0.29) is 10.7 Å². The van der Waals surface area contributed by atoms with Gasteiger partial charge < -0.3 is 4.42 Å². The molecule has 6 nitrogen and oxygen atoms in total. The largest absolute Gasteiger partial charge is 0.411 e. The van der Waals surface area contributed by atoms with Gasteiger partial charge in [-0.15, -0.1) is 10.2 Å². The van der Waals surface area contributed by atoms with Crippen LogP contribution < -0.4 is 0 Å². The molecule has 0 N–H and O–H groups in total. The maximum Gasteiger partial charge on any atom is 0.277 e. The van der Waals surface area contributed by atoms with Crippen molar-refractivity contribution in [3.05, 3.63) is 59.9 Å². The molecule has 30 heavy (non-hydrogen) atoms. The molecule has 9 heteroatoms. The zero-order chi connectivity index (χ0) is 21.1. The summed E-state index contributed by atoms with van der Waals surface area (Å²) in [5.74, 6) is 0.952. The maximum absolute atomic E-state index is 13.7. The second kappa shape index (κ2) is 8.87. The standard InChI is InChI=1S/C21H22FN3O3S2/c1-15-10-12-25(13-11-15)30(26,27)18-8-6-16(7-9-18)20-23-24-21(28-20)29-14-17-4-2-3-5-19(17)22/h2-9,15H,10-14H2,1H3. The van der Waals surface area contributed by atoms with Gasteiger partial charge in [-0.3, -0.25) is 0 Å². The molecule has 1 aromatic heterocycles. The summed E-state index contributed by atoms with van der Waals surface area (Å²) in [5, 5.41) is 8.33. The van der Waals surface area contributed by atoms with Gasteiger partial charge in [0.1, 0.15) is 5.82 Å². The Morgan fingerprint density at radius 3 is 2.50 bits per heavy atom. The minimum atomic E-state index is -3.50. The number of benzene rings is 2. The first kappa shape index (κ1) is 21.0. The van der Waals surface area contributed by atoms with Crippen LogP contribution in [0, 0.1) is 11.7 Å². The van der Waals surface area contributed by atoms with Crippen molar-refractivity contribution in [1.82, 2.24) is 14.5 Å². The predicted octanol–water partition coefficient (Wildman–Crippen LogP) is 4.59. The minimum absolute atomic E-state index is 0.259. The Kier molecular flexibility index (Phi) is 6.21. The van der Waals surface area contributed by atoms with Gasteiger partial charge in [-0.2, -0.15) is 4.31 Å². The smallest absolute Gasteiger partial charge is 0.277 e. The summed E-state index contributed by atoms with van der Waals surface area (Å²) in [6, 6.07) is 13.0. The second-order valence-corrected chi connectivity index (χ2v) is 10.2. The van der Waals surface area contributed by atoms with E-state index in [2.05, 4.69) is 17.1 Å². The average molecular weight is 448 g/mol. The van der Waals surface area contributed by atoms with E-state index in [1.807, 2.05) is 0 Å². The Labute approximate surface area is 179 Å². The molecule has 0 amide bonds. The molecule has 1 saturated heterocycles. The number of sulfonamides is 1. The Balaban J connectivity index is 1.44. The van der Waals surface area contributed by atoms with Gasteiger partial charge in [-0.1, -0.05) is 36.9 Å². The van der Waals surface area contributed by atoms with Gasteiger partial charge in [-0.25, -0.2) is 12.8 Å². The molecule has 0 bridgehead atoms. The van der Waals surface area contributed by atoms with E-state index in [4.69, 9.17) is 4.42 Å². The molecule has 2 heterocycles. The van der Waals surface area contributed by atoms with Gasteiger partial charge in [0, 0.05) is 24.4 Å². The van der Waals surface area contributed by atoms with E-state index in [0.717, 1.165) is 12.8 Å².